The van der Waals surface area contributed by atoms with E-state index in [-0.39, 0.29) is 11.8 Å². The third-order valence-electron chi connectivity index (χ3n) is 3.50. The Morgan fingerprint density at radius 1 is 1.50 bits per heavy atom. The molecule has 0 bridgehead atoms. The van der Waals surface area contributed by atoms with Gasteiger partial charge in [0.1, 0.15) is 5.60 Å². The predicted molar refractivity (Wildman–Crippen MR) is 63.9 cm³/mol. The number of hydrogen-bond donors (Lipinski definition) is 2. The molecule has 0 aromatic rings. The number of amides is 1. The van der Waals surface area contributed by atoms with Crippen LogP contribution >= 0.6 is 0 Å². The topological polar surface area (TPSA) is 66.6 Å². The van der Waals surface area contributed by atoms with Gasteiger partial charge in [0.2, 0.25) is 5.91 Å². The van der Waals surface area contributed by atoms with Crippen molar-refractivity contribution < 1.29 is 9.90 Å². The summed E-state index contributed by atoms with van der Waals surface area (Å²) < 4.78 is 0. The Morgan fingerprint density at radius 3 is 2.50 bits per heavy atom. The van der Waals surface area contributed by atoms with Gasteiger partial charge in [0.25, 0.3) is 0 Å². The van der Waals surface area contributed by atoms with Crippen molar-refractivity contribution in [3.8, 4) is 0 Å². The van der Waals surface area contributed by atoms with Crippen molar-refractivity contribution in [2.45, 2.75) is 51.7 Å². The lowest BCUT2D eigenvalue weighted by Gasteiger charge is -2.49. The lowest BCUT2D eigenvalue weighted by molar-refractivity contribution is -0.165. The second kappa shape index (κ2) is 5.15. The van der Waals surface area contributed by atoms with Gasteiger partial charge in [-0.25, -0.2) is 0 Å². The first-order chi connectivity index (χ1) is 7.40. The molecule has 3 N–H and O–H groups in total. The lowest BCUT2D eigenvalue weighted by atomic mass is 9.82. The van der Waals surface area contributed by atoms with Crippen molar-refractivity contribution in [2.75, 3.05) is 13.1 Å². The number of aliphatic hydroxyl groups is 1. The molecule has 1 aliphatic heterocycles. The molecule has 0 unspecified atom stereocenters. The van der Waals surface area contributed by atoms with Crippen LogP contribution < -0.4 is 5.73 Å². The van der Waals surface area contributed by atoms with Gasteiger partial charge in [-0.2, -0.15) is 0 Å². The van der Waals surface area contributed by atoms with E-state index >= 15 is 0 Å². The summed E-state index contributed by atoms with van der Waals surface area (Å²) in [6.07, 6.45) is 2.78. The molecule has 1 heterocycles. The summed E-state index contributed by atoms with van der Waals surface area (Å²) in [6, 6.07) is -0.392. The average molecular weight is 228 g/mol. The van der Waals surface area contributed by atoms with Crippen LogP contribution in [0.1, 0.15) is 40.0 Å². The zero-order valence-corrected chi connectivity index (χ0v) is 10.6. The van der Waals surface area contributed by atoms with Crippen molar-refractivity contribution >= 4 is 5.91 Å². The molecule has 94 valence electrons. The molecule has 16 heavy (non-hydrogen) atoms. The fraction of sp³-hybridized carbons (Fsp3) is 0.917. The van der Waals surface area contributed by atoms with Gasteiger partial charge in [0, 0.05) is 0 Å². The smallest absolute Gasteiger partial charge is 0.239 e. The van der Waals surface area contributed by atoms with Crippen LogP contribution in [0.3, 0.4) is 0 Å². The summed E-state index contributed by atoms with van der Waals surface area (Å²) in [6.45, 7) is 6.89. The third kappa shape index (κ3) is 2.74. The molecule has 0 spiro atoms. The highest BCUT2D eigenvalue weighted by molar-refractivity contribution is 5.82. The Morgan fingerprint density at radius 2 is 2.06 bits per heavy atom. The minimum absolute atomic E-state index is 0.0150. The minimum Gasteiger partial charge on any atom is -0.386 e. The number of likely N-dealkylation sites (tertiary alicyclic amines) is 1. The first-order valence-corrected chi connectivity index (χ1v) is 6.17. The number of nitrogens with zero attached hydrogens (tertiary/aromatic N) is 1. The van der Waals surface area contributed by atoms with Crippen LogP contribution in [0.5, 0.6) is 0 Å². The molecule has 0 aromatic heterocycles. The number of β-amino-alcohol motifs (C(OH)–C–C–N with tert-alkyl or cyclic N) is 1. The third-order valence-corrected chi connectivity index (χ3v) is 3.50. The molecule has 1 rings (SSSR count). The number of hydrogen-bond acceptors (Lipinski definition) is 3. The number of carbonyl (C=O) groups excluding carboxylic acids is 1. The molecule has 1 saturated heterocycles. The zero-order valence-electron chi connectivity index (χ0n) is 10.6. The average Bonchev–Trinajstić information content (AvgIpc) is 2.19. The van der Waals surface area contributed by atoms with E-state index in [1.807, 2.05) is 13.8 Å². The Hall–Kier alpha value is -0.610. The second-order valence-electron chi connectivity index (χ2n) is 5.20. The molecule has 1 atom stereocenters. The van der Waals surface area contributed by atoms with Crippen molar-refractivity contribution in [3.05, 3.63) is 0 Å². The molecule has 0 aromatic carbocycles. The van der Waals surface area contributed by atoms with Crippen molar-refractivity contribution in [1.82, 2.24) is 4.90 Å². The van der Waals surface area contributed by atoms with E-state index in [4.69, 9.17) is 5.73 Å². The highest BCUT2D eigenvalue weighted by atomic mass is 16.3. The molecule has 1 fully saturated rings. The maximum Gasteiger partial charge on any atom is 0.239 e. The van der Waals surface area contributed by atoms with E-state index in [9.17, 15) is 9.90 Å². The minimum atomic E-state index is -0.694. The molecule has 0 saturated carbocycles. The summed E-state index contributed by atoms with van der Waals surface area (Å²) in [5, 5.41) is 10.0. The lowest BCUT2D eigenvalue weighted by Crippen LogP contribution is -2.68. The van der Waals surface area contributed by atoms with Gasteiger partial charge in [-0.3, -0.25) is 4.79 Å². The van der Waals surface area contributed by atoms with Gasteiger partial charge in [-0.1, -0.05) is 33.6 Å². The van der Waals surface area contributed by atoms with E-state index in [2.05, 4.69) is 6.92 Å². The maximum atomic E-state index is 11.8. The van der Waals surface area contributed by atoms with Crippen molar-refractivity contribution in [2.24, 2.45) is 11.7 Å². The number of unbranched alkanes of at least 4 members (excludes halogenated alkanes) is 1. The first kappa shape index (κ1) is 13.5. The van der Waals surface area contributed by atoms with Crippen LogP contribution in [0.25, 0.3) is 0 Å². The summed E-state index contributed by atoms with van der Waals surface area (Å²) in [5.74, 6) is 0.169. The van der Waals surface area contributed by atoms with Crippen LogP contribution in [0.4, 0.5) is 0 Å². The maximum absolute atomic E-state index is 11.8. The summed E-state index contributed by atoms with van der Waals surface area (Å²) in [7, 11) is 0. The molecular formula is C12H24N2O2. The molecule has 4 nitrogen and oxygen atoms in total. The molecule has 4 heteroatoms. The van der Waals surface area contributed by atoms with E-state index in [0.717, 1.165) is 19.3 Å². The Bertz CT molecular complexity index is 247. The second-order valence-corrected chi connectivity index (χ2v) is 5.20. The molecule has 1 amide bonds. The number of rotatable bonds is 5. The van der Waals surface area contributed by atoms with Crippen molar-refractivity contribution in [3.63, 3.8) is 0 Å². The van der Waals surface area contributed by atoms with Gasteiger partial charge < -0.3 is 15.7 Å². The quantitative estimate of drug-likeness (QED) is 0.729. The first-order valence-electron chi connectivity index (χ1n) is 6.17. The largest absolute Gasteiger partial charge is 0.386 e. The summed E-state index contributed by atoms with van der Waals surface area (Å²) in [4.78, 5) is 13.5. The Kier molecular flexibility index (Phi) is 4.33. The monoisotopic (exact) mass is 228 g/mol. The van der Waals surface area contributed by atoms with E-state index in [0.29, 0.717) is 13.1 Å². The van der Waals surface area contributed by atoms with E-state index in [1.165, 1.54) is 0 Å². The van der Waals surface area contributed by atoms with Crippen LogP contribution in [0.2, 0.25) is 0 Å². The van der Waals surface area contributed by atoms with Gasteiger partial charge in [0.05, 0.1) is 19.1 Å². The fourth-order valence-electron chi connectivity index (χ4n) is 1.92. The van der Waals surface area contributed by atoms with Gasteiger partial charge >= 0.3 is 0 Å². The SMILES string of the molecule is CCCC[C@H](N)C(=O)N1CC(O)(C(C)C)C1. The van der Waals surface area contributed by atoms with Gasteiger partial charge in [-0.15, -0.1) is 0 Å². The van der Waals surface area contributed by atoms with Gasteiger partial charge in [0.15, 0.2) is 0 Å². The molecule has 0 aliphatic carbocycles. The molecule has 0 radical (unpaired) electrons. The standard InChI is InChI=1S/C12H24N2O2/c1-4-5-6-10(13)11(15)14-7-12(16,8-14)9(2)3/h9-10,16H,4-8,13H2,1-3H3/t10-/m0/s1. The van der Waals surface area contributed by atoms with Crippen molar-refractivity contribution in [1.29, 1.82) is 0 Å². The molecular weight excluding hydrogens is 204 g/mol. The van der Waals surface area contributed by atoms with Crippen LogP contribution in [0.15, 0.2) is 0 Å². The van der Waals surface area contributed by atoms with Crippen LogP contribution in [-0.2, 0) is 4.79 Å². The van der Waals surface area contributed by atoms with E-state index < -0.39 is 11.6 Å². The Balaban J connectivity index is 2.36. The number of carbonyl (C=O) groups is 1. The zero-order chi connectivity index (χ0) is 12.3. The summed E-state index contributed by atoms with van der Waals surface area (Å²) in [5.41, 5.74) is 5.11. The number of nitrogens with two attached hydrogens (primary N) is 1. The predicted octanol–water partition coefficient (Wildman–Crippen LogP) is 0.733. The van der Waals surface area contributed by atoms with E-state index in [1.54, 1.807) is 4.90 Å². The highest BCUT2D eigenvalue weighted by Gasteiger charge is 2.46. The molecule has 1 aliphatic rings. The normalized spacial score (nSPS) is 20.8. The Labute approximate surface area is 97.8 Å². The highest BCUT2D eigenvalue weighted by Crippen LogP contribution is 2.29. The van der Waals surface area contributed by atoms with Crippen LogP contribution in [-0.4, -0.2) is 40.6 Å². The van der Waals surface area contributed by atoms with Crippen LogP contribution in [0, 0.1) is 5.92 Å². The van der Waals surface area contributed by atoms with Gasteiger partial charge in [-0.05, 0) is 12.3 Å². The fourth-order valence-corrected chi connectivity index (χ4v) is 1.92. The summed E-state index contributed by atoms with van der Waals surface area (Å²) >= 11 is 0.